The van der Waals surface area contributed by atoms with E-state index in [1.165, 1.54) is 17.3 Å². The maximum Gasteiger partial charge on any atom is 0.166 e. The third-order valence-corrected chi connectivity index (χ3v) is 4.73. The Morgan fingerprint density at radius 1 is 1.12 bits per heavy atom. The van der Waals surface area contributed by atoms with E-state index in [0.717, 1.165) is 16.0 Å². The maximum absolute atomic E-state index is 9.18. The molecule has 122 valence electrons. The van der Waals surface area contributed by atoms with Crippen molar-refractivity contribution in [3.05, 3.63) is 65.2 Å². The Balaban J connectivity index is 2.11. The highest BCUT2D eigenvalue weighted by atomic mass is 32.2. The van der Waals surface area contributed by atoms with Crippen molar-refractivity contribution in [3.63, 3.8) is 0 Å². The van der Waals surface area contributed by atoms with Crippen molar-refractivity contribution in [2.75, 3.05) is 0 Å². The zero-order valence-corrected chi connectivity index (χ0v) is 15.5. The average Bonchev–Trinajstić information content (AvgIpc) is 2.57. The van der Waals surface area contributed by atoms with Gasteiger partial charge in [0.25, 0.3) is 0 Å². The first-order valence-electron chi connectivity index (χ1n) is 7.46. The van der Waals surface area contributed by atoms with E-state index >= 15 is 0 Å². The van der Waals surface area contributed by atoms with Crippen LogP contribution < -0.4 is 5.73 Å². The molecule has 0 radical (unpaired) electrons. The van der Waals surface area contributed by atoms with Crippen LogP contribution in [-0.2, 0) is 5.41 Å². The Kier molecular flexibility index (Phi) is 5.76. The molecule has 0 saturated carbocycles. The minimum absolute atomic E-state index is 0.376. The first-order valence-corrected chi connectivity index (χ1v) is 8.69. The highest BCUT2D eigenvalue weighted by Crippen LogP contribution is 2.23. The third kappa shape index (κ3) is 4.67. The zero-order valence-electron chi connectivity index (χ0n) is 13.9. The van der Waals surface area contributed by atoms with Gasteiger partial charge in [-0.25, -0.2) is 4.99 Å². The Labute approximate surface area is 152 Å². The number of thioether (sulfide) groups is 1. The minimum Gasteiger partial charge on any atom is -0.383 e. The molecule has 0 bridgehead atoms. The monoisotopic (exact) mass is 353 g/mol. The molecule has 0 aliphatic carbocycles. The van der Waals surface area contributed by atoms with Crippen molar-refractivity contribution in [1.29, 1.82) is 5.26 Å². The topological polar surface area (TPSA) is 62.2 Å². The zero-order chi connectivity index (χ0) is 17.7. The molecule has 0 aliphatic heterocycles. The van der Waals surface area contributed by atoms with Crippen molar-refractivity contribution in [2.45, 2.75) is 31.1 Å². The van der Waals surface area contributed by atoms with Crippen LogP contribution in [-0.4, -0.2) is 10.2 Å². The van der Waals surface area contributed by atoms with E-state index < -0.39 is 5.41 Å². The number of thiocarbonyl (C=S) groups is 1. The standard InChI is InChI=1S/C19H19N3S2/c1-13-4-10-16(11-5-13)24-18(23)22-17(21)14-6-8-15(9-7-14)19(2,3)12-20/h4-11H,1-3H3,(H2,21,22,23). The lowest BCUT2D eigenvalue weighted by atomic mass is 9.86. The van der Waals surface area contributed by atoms with E-state index in [2.05, 4.69) is 11.1 Å². The predicted octanol–water partition coefficient (Wildman–Crippen LogP) is 4.58. The summed E-state index contributed by atoms with van der Waals surface area (Å²) >= 11 is 6.71. The van der Waals surface area contributed by atoms with Crippen LogP contribution in [0.25, 0.3) is 0 Å². The largest absolute Gasteiger partial charge is 0.383 e. The second kappa shape index (κ2) is 7.61. The summed E-state index contributed by atoms with van der Waals surface area (Å²) in [4.78, 5) is 5.34. The summed E-state index contributed by atoms with van der Waals surface area (Å²) in [5.41, 5.74) is 8.46. The third-order valence-electron chi connectivity index (χ3n) is 3.62. The van der Waals surface area contributed by atoms with E-state index in [4.69, 9.17) is 18.0 Å². The van der Waals surface area contributed by atoms with Crippen LogP contribution in [0.1, 0.15) is 30.5 Å². The molecule has 24 heavy (non-hydrogen) atoms. The van der Waals surface area contributed by atoms with Crippen LogP contribution in [0.15, 0.2) is 58.4 Å². The van der Waals surface area contributed by atoms with Crippen LogP contribution in [0.5, 0.6) is 0 Å². The van der Waals surface area contributed by atoms with Crippen LogP contribution in [0.3, 0.4) is 0 Å². The summed E-state index contributed by atoms with van der Waals surface area (Å²) in [6, 6.07) is 17.9. The minimum atomic E-state index is -0.527. The molecule has 0 aliphatic rings. The van der Waals surface area contributed by atoms with Gasteiger partial charge in [-0.3, -0.25) is 0 Å². The molecule has 2 aromatic rings. The summed E-state index contributed by atoms with van der Waals surface area (Å²) in [5.74, 6) is 0.376. The molecular weight excluding hydrogens is 334 g/mol. The number of aliphatic imine (C=N–C) groups is 1. The van der Waals surface area contributed by atoms with Gasteiger partial charge in [0, 0.05) is 10.5 Å². The fourth-order valence-corrected chi connectivity index (χ4v) is 3.02. The number of amidine groups is 1. The molecule has 0 amide bonds. The molecule has 5 heteroatoms. The highest BCUT2D eigenvalue weighted by Gasteiger charge is 2.19. The van der Waals surface area contributed by atoms with Gasteiger partial charge >= 0.3 is 0 Å². The fourth-order valence-electron chi connectivity index (χ4n) is 2.02. The lowest BCUT2D eigenvalue weighted by Gasteiger charge is -2.15. The Morgan fingerprint density at radius 2 is 1.71 bits per heavy atom. The van der Waals surface area contributed by atoms with Crippen molar-refractivity contribution in [2.24, 2.45) is 10.7 Å². The molecule has 0 fully saturated rings. The number of benzene rings is 2. The normalized spacial score (nSPS) is 11.8. The molecule has 0 unspecified atom stereocenters. The van der Waals surface area contributed by atoms with Gasteiger partial charge in [-0.05, 0) is 38.5 Å². The van der Waals surface area contributed by atoms with E-state index in [-0.39, 0.29) is 0 Å². The van der Waals surface area contributed by atoms with Gasteiger partial charge in [0.2, 0.25) is 0 Å². The van der Waals surface area contributed by atoms with Gasteiger partial charge in [-0.15, -0.1) is 0 Å². The molecule has 2 aromatic carbocycles. The molecule has 0 heterocycles. The van der Waals surface area contributed by atoms with Gasteiger partial charge in [0.15, 0.2) is 4.32 Å². The highest BCUT2D eigenvalue weighted by molar-refractivity contribution is 8.23. The lowest BCUT2D eigenvalue weighted by molar-refractivity contribution is 0.687. The number of hydrogen-bond donors (Lipinski definition) is 1. The number of nitrogens with zero attached hydrogens (tertiary/aromatic N) is 2. The molecule has 2 N–H and O–H groups in total. The number of aryl methyl sites for hydroxylation is 1. The van der Waals surface area contributed by atoms with Crippen LogP contribution >= 0.6 is 24.0 Å². The summed E-state index contributed by atoms with van der Waals surface area (Å²) in [6.07, 6.45) is 0. The molecule has 0 spiro atoms. The summed E-state index contributed by atoms with van der Waals surface area (Å²) in [7, 11) is 0. The molecule has 0 atom stereocenters. The molecule has 0 aromatic heterocycles. The van der Waals surface area contributed by atoms with Gasteiger partial charge in [0.1, 0.15) is 5.84 Å². The average molecular weight is 354 g/mol. The van der Waals surface area contributed by atoms with Crippen molar-refractivity contribution < 1.29 is 0 Å². The first-order chi connectivity index (χ1) is 11.3. The number of rotatable bonds is 3. The second-order valence-electron chi connectivity index (χ2n) is 5.99. The Hall–Kier alpha value is -2.16. The summed E-state index contributed by atoms with van der Waals surface area (Å²) < 4.78 is 0.470. The fraction of sp³-hybridized carbons (Fsp3) is 0.211. The van der Waals surface area contributed by atoms with E-state index in [1.807, 2.05) is 69.3 Å². The first kappa shape index (κ1) is 18.2. The number of nitriles is 1. The predicted molar refractivity (Wildman–Crippen MR) is 105 cm³/mol. The summed E-state index contributed by atoms with van der Waals surface area (Å²) in [6.45, 7) is 5.81. The van der Waals surface area contributed by atoms with Crippen LogP contribution in [0.4, 0.5) is 0 Å². The Morgan fingerprint density at radius 3 is 2.25 bits per heavy atom. The van der Waals surface area contributed by atoms with Gasteiger partial charge < -0.3 is 5.73 Å². The summed E-state index contributed by atoms with van der Waals surface area (Å²) in [5, 5.41) is 9.18. The van der Waals surface area contributed by atoms with E-state index in [9.17, 15) is 5.26 Å². The molecular formula is C19H19N3S2. The van der Waals surface area contributed by atoms with Gasteiger partial charge in [-0.1, -0.05) is 65.9 Å². The second-order valence-corrected chi connectivity index (χ2v) is 7.70. The maximum atomic E-state index is 9.18. The molecule has 2 rings (SSSR count). The molecule has 3 nitrogen and oxygen atoms in total. The SMILES string of the molecule is Cc1ccc(SC(=S)/N=C(\N)c2ccc(C(C)(C)C#N)cc2)cc1. The van der Waals surface area contributed by atoms with Crippen LogP contribution in [0.2, 0.25) is 0 Å². The van der Waals surface area contributed by atoms with Crippen molar-refractivity contribution >= 4 is 34.1 Å². The van der Waals surface area contributed by atoms with E-state index in [1.54, 1.807) is 0 Å². The quantitative estimate of drug-likeness (QED) is 0.380. The Bertz CT molecular complexity index is 798. The van der Waals surface area contributed by atoms with Crippen molar-refractivity contribution in [1.82, 2.24) is 0 Å². The lowest BCUT2D eigenvalue weighted by Crippen LogP contribution is -2.17. The van der Waals surface area contributed by atoms with Gasteiger partial charge in [-0.2, -0.15) is 5.26 Å². The smallest absolute Gasteiger partial charge is 0.166 e. The van der Waals surface area contributed by atoms with E-state index in [0.29, 0.717) is 10.2 Å². The molecule has 0 saturated heterocycles. The van der Waals surface area contributed by atoms with Crippen molar-refractivity contribution in [3.8, 4) is 6.07 Å². The van der Waals surface area contributed by atoms with Gasteiger partial charge in [0.05, 0.1) is 11.5 Å². The number of hydrogen-bond acceptors (Lipinski definition) is 3. The van der Waals surface area contributed by atoms with Crippen LogP contribution in [0, 0.1) is 18.3 Å². The number of nitrogens with two attached hydrogens (primary N) is 1.